The highest BCUT2D eigenvalue weighted by Crippen LogP contribution is 2.10. The molecule has 0 saturated heterocycles. The lowest BCUT2D eigenvalue weighted by atomic mass is 10.3. The van der Waals surface area contributed by atoms with E-state index in [4.69, 9.17) is 11.6 Å². The van der Waals surface area contributed by atoms with Crippen LogP contribution in [0, 0.1) is 4.91 Å². The number of rotatable bonds is 2. The number of hydrogen-bond donors (Lipinski definition) is 0. The normalized spacial score (nSPS) is 9.30. The summed E-state index contributed by atoms with van der Waals surface area (Å²) < 4.78 is 0. The van der Waals surface area contributed by atoms with Crippen molar-refractivity contribution in [3.05, 3.63) is 28.1 Å². The zero-order valence-electron chi connectivity index (χ0n) is 4.99. The predicted molar refractivity (Wildman–Crippen MR) is 36.5 cm³/mol. The highest BCUT2D eigenvalue weighted by molar-refractivity contribution is 6.30. The topological polar surface area (TPSA) is 55.2 Å². The van der Waals surface area contributed by atoms with E-state index in [1.54, 1.807) is 0 Å². The van der Waals surface area contributed by atoms with Gasteiger partial charge in [-0.3, -0.25) is 0 Å². The fraction of sp³-hybridized carbons (Fsp3) is 0.200. The molecule has 0 unspecified atom stereocenters. The van der Waals surface area contributed by atoms with Gasteiger partial charge in [0.2, 0.25) is 0 Å². The Morgan fingerprint density at radius 2 is 2.50 bits per heavy atom. The van der Waals surface area contributed by atoms with Crippen LogP contribution >= 0.6 is 11.6 Å². The van der Waals surface area contributed by atoms with E-state index in [9.17, 15) is 4.91 Å². The molecule has 0 N–H and O–H groups in total. The van der Waals surface area contributed by atoms with Gasteiger partial charge in [0.05, 0.1) is 0 Å². The molecular weight excluding hydrogens is 154 g/mol. The van der Waals surface area contributed by atoms with Gasteiger partial charge in [-0.2, -0.15) is 4.91 Å². The first kappa shape index (κ1) is 7.08. The van der Waals surface area contributed by atoms with Crippen LogP contribution in [0.2, 0.25) is 5.15 Å². The lowest BCUT2D eigenvalue weighted by Crippen LogP contribution is -1.87. The zero-order chi connectivity index (χ0) is 7.40. The van der Waals surface area contributed by atoms with Crippen LogP contribution in [0.4, 0.5) is 0 Å². The van der Waals surface area contributed by atoms with E-state index in [2.05, 4.69) is 15.1 Å². The Morgan fingerprint density at radius 1 is 1.70 bits per heavy atom. The van der Waals surface area contributed by atoms with Crippen molar-refractivity contribution in [1.82, 2.24) is 9.97 Å². The second-order valence-corrected chi connectivity index (χ2v) is 1.98. The Labute approximate surface area is 62.2 Å². The first-order chi connectivity index (χ1) is 4.84. The summed E-state index contributed by atoms with van der Waals surface area (Å²) in [6, 6.07) is 0. The molecule has 4 nitrogen and oxygen atoms in total. The number of halogens is 1. The van der Waals surface area contributed by atoms with Crippen molar-refractivity contribution in [3.63, 3.8) is 0 Å². The molecule has 52 valence electrons. The summed E-state index contributed by atoms with van der Waals surface area (Å²) >= 11 is 5.55. The van der Waals surface area contributed by atoms with Crippen molar-refractivity contribution < 1.29 is 0 Å². The van der Waals surface area contributed by atoms with Gasteiger partial charge in [0.25, 0.3) is 0 Å². The molecule has 0 atom stereocenters. The van der Waals surface area contributed by atoms with Gasteiger partial charge >= 0.3 is 0 Å². The largest absolute Gasteiger partial charge is 0.244 e. The minimum atomic E-state index is 0.0275. The Bertz CT molecular complexity index is 240. The van der Waals surface area contributed by atoms with Crippen LogP contribution in [0.5, 0.6) is 0 Å². The van der Waals surface area contributed by atoms with Gasteiger partial charge in [0, 0.05) is 11.8 Å². The van der Waals surface area contributed by atoms with E-state index in [-0.39, 0.29) is 11.7 Å². The molecule has 1 aromatic heterocycles. The molecule has 1 aromatic rings. The molecule has 10 heavy (non-hydrogen) atoms. The molecule has 0 aliphatic carbocycles. The highest BCUT2D eigenvalue weighted by Gasteiger charge is 1.98. The third-order valence-corrected chi connectivity index (χ3v) is 1.31. The van der Waals surface area contributed by atoms with Crippen LogP contribution in [0.3, 0.4) is 0 Å². The second-order valence-electron chi connectivity index (χ2n) is 1.63. The molecule has 0 amide bonds. The van der Waals surface area contributed by atoms with E-state index in [1.165, 1.54) is 12.5 Å². The van der Waals surface area contributed by atoms with Gasteiger partial charge in [-0.15, -0.1) is 0 Å². The van der Waals surface area contributed by atoms with Crippen LogP contribution in [-0.4, -0.2) is 9.97 Å². The molecular formula is C5H4ClN3O. The monoisotopic (exact) mass is 157 g/mol. The maximum absolute atomic E-state index is 9.76. The van der Waals surface area contributed by atoms with Gasteiger partial charge in [0.1, 0.15) is 18.0 Å². The minimum absolute atomic E-state index is 0.0275. The van der Waals surface area contributed by atoms with Crippen LogP contribution in [-0.2, 0) is 6.54 Å². The summed E-state index contributed by atoms with van der Waals surface area (Å²) in [5, 5.41) is 2.94. The minimum Gasteiger partial charge on any atom is -0.244 e. The van der Waals surface area contributed by atoms with E-state index in [0.717, 1.165) is 0 Å². The first-order valence-electron chi connectivity index (χ1n) is 2.58. The predicted octanol–water partition coefficient (Wildman–Crippen LogP) is 1.40. The van der Waals surface area contributed by atoms with Crippen molar-refractivity contribution >= 4 is 11.6 Å². The summed E-state index contributed by atoms with van der Waals surface area (Å²) in [5.74, 6) is 0. The fourth-order valence-corrected chi connectivity index (χ4v) is 0.671. The van der Waals surface area contributed by atoms with Gasteiger partial charge in [-0.05, 0) is 0 Å². The van der Waals surface area contributed by atoms with E-state index in [1.807, 2.05) is 0 Å². The number of nitrogens with zero attached hydrogens (tertiary/aromatic N) is 3. The lowest BCUT2D eigenvalue weighted by Gasteiger charge is -1.92. The van der Waals surface area contributed by atoms with E-state index >= 15 is 0 Å². The van der Waals surface area contributed by atoms with Crippen LogP contribution in [0.25, 0.3) is 0 Å². The maximum atomic E-state index is 9.76. The molecule has 5 heteroatoms. The van der Waals surface area contributed by atoms with Crippen molar-refractivity contribution in [1.29, 1.82) is 0 Å². The quantitative estimate of drug-likeness (QED) is 0.482. The molecule has 0 radical (unpaired) electrons. The van der Waals surface area contributed by atoms with Crippen LogP contribution < -0.4 is 0 Å². The lowest BCUT2D eigenvalue weighted by molar-refractivity contribution is 0.999. The van der Waals surface area contributed by atoms with E-state index in [0.29, 0.717) is 5.56 Å². The summed E-state index contributed by atoms with van der Waals surface area (Å²) in [5.41, 5.74) is 0.555. The van der Waals surface area contributed by atoms with Crippen molar-refractivity contribution in [2.75, 3.05) is 0 Å². The molecule has 0 spiro atoms. The number of hydrogen-bond acceptors (Lipinski definition) is 4. The van der Waals surface area contributed by atoms with Gasteiger partial charge < -0.3 is 0 Å². The Morgan fingerprint density at radius 3 is 3.10 bits per heavy atom. The summed E-state index contributed by atoms with van der Waals surface area (Å²) in [7, 11) is 0. The second kappa shape index (κ2) is 3.22. The van der Waals surface area contributed by atoms with E-state index < -0.39 is 0 Å². The molecule has 1 rings (SSSR count). The zero-order valence-corrected chi connectivity index (χ0v) is 5.75. The highest BCUT2D eigenvalue weighted by atomic mass is 35.5. The fourth-order valence-electron chi connectivity index (χ4n) is 0.519. The third kappa shape index (κ3) is 1.48. The summed E-state index contributed by atoms with van der Waals surface area (Å²) in [6.45, 7) is 0.0275. The molecule has 0 aliphatic rings. The molecule has 0 aromatic carbocycles. The molecule has 0 aliphatic heterocycles. The number of nitroso groups, excluding NO2 is 1. The van der Waals surface area contributed by atoms with Gasteiger partial charge in [0.15, 0.2) is 0 Å². The average molecular weight is 158 g/mol. The molecule has 0 saturated carbocycles. The SMILES string of the molecule is O=NCc1cncnc1Cl. The molecule has 0 bridgehead atoms. The van der Waals surface area contributed by atoms with Crippen LogP contribution in [0.15, 0.2) is 17.7 Å². The first-order valence-corrected chi connectivity index (χ1v) is 2.96. The molecule has 0 fully saturated rings. The van der Waals surface area contributed by atoms with Crippen molar-refractivity contribution in [3.8, 4) is 0 Å². The average Bonchev–Trinajstić information content (AvgIpc) is 1.94. The van der Waals surface area contributed by atoms with Crippen molar-refractivity contribution in [2.45, 2.75) is 6.54 Å². The van der Waals surface area contributed by atoms with Crippen molar-refractivity contribution in [2.24, 2.45) is 5.18 Å². The summed E-state index contributed by atoms with van der Waals surface area (Å²) in [6.07, 6.45) is 2.79. The smallest absolute Gasteiger partial charge is 0.137 e. The Hall–Kier alpha value is -1.03. The van der Waals surface area contributed by atoms with Gasteiger partial charge in [-0.25, -0.2) is 9.97 Å². The maximum Gasteiger partial charge on any atom is 0.137 e. The molecule has 1 heterocycles. The Balaban J connectivity index is 2.91. The standard InChI is InChI=1S/C5H4ClN3O/c6-5-4(2-9-10)1-7-3-8-5/h1,3H,2H2. The number of aromatic nitrogens is 2. The van der Waals surface area contributed by atoms with Crippen LogP contribution in [0.1, 0.15) is 5.56 Å². The Kier molecular flexibility index (Phi) is 2.28. The summed E-state index contributed by atoms with van der Waals surface area (Å²) in [4.78, 5) is 17.1. The van der Waals surface area contributed by atoms with Gasteiger partial charge in [-0.1, -0.05) is 16.8 Å². The third-order valence-electron chi connectivity index (χ3n) is 0.968.